The molecule has 0 unspecified atom stereocenters. The SMILES string of the molecule is Cc1noc2nccc(N(C)CC(=O)O)c12. The summed E-state index contributed by atoms with van der Waals surface area (Å²) in [7, 11) is 1.70. The average molecular weight is 221 g/mol. The summed E-state index contributed by atoms with van der Waals surface area (Å²) in [6.45, 7) is 1.72. The molecule has 0 radical (unpaired) electrons. The van der Waals surface area contributed by atoms with Crippen LogP contribution in [0.5, 0.6) is 0 Å². The topological polar surface area (TPSA) is 79.5 Å². The van der Waals surface area contributed by atoms with Gasteiger partial charge in [-0.2, -0.15) is 0 Å². The van der Waals surface area contributed by atoms with Gasteiger partial charge in [-0.25, -0.2) is 4.98 Å². The third kappa shape index (κ3) is 1.69. The number of aryl methyl sites for hydroxylation is 1. The van der Waals surface area contributed by atoms with Crippen LogP contribution < -0.4 is 4.90 Å². The smallest absolute Gasteiger partial charge is 0.323 e. The number of aromatic nitrogens is 2. The zero-order valence-electron chi connectivity index (χ0n) is 8.97. The second-order valence-electron chi connectivity index (χ2n) is 3.53. The fourth-order valence-electron chi connectivity index (χ4n) is 1.61. The summed E-state index contributed by atoms with van der Waals surface area (Å²) in [6.07, 6.45) is 1.57. The molecule has 0 aliphatic rings. The fourth-order valence-corrected chi connectivity index (χ4v) is 1.61. The maximum Gasteiger partial charge on any atom is 0.323 e. The van der Waals surface area contributed by atoms with E-state index in [2.05, 4.69) is 10.1 Å². The van der Waals surface area contributed by atoms with Gasteiger partial charge in [0.1, 0.15) is 6.54 Å². The van der Waals surface area contributed by atoms with E-state index in [-0.39, 0.29) is 6.54 Å². The maximum absolute atomic E-state index is 10.6. The van der Waals surface area contributed by atoms with Gasteiger partial charge in [0.2, 0.25) is 0 Å². The summed E-state index contributed by atoms with van der Waals surface area (Å²) in [5.74, 6) is -0.887. The summed E-state index contributed by atoms with van der Waals surface area (Å²) in [5.41, 5.74) is 1.88. The lowest BCUT2D eigenvalue weighted by atomic mass is 10.2. The van der Waals surface area contributed by atoms with Crippen LogP contribution in [0.3, 0.4) is 0 Å². The van der Waals surface area contributed by atoms with Crippen LogP contribution in [0.15, 0.2) is 16.8 Å². The third-order valence-corrected chi connectivity index (χ3v) is 2.31. The number of anilines is 1. The molecule has 2 rings (SSSR count). The molecule has 0 fully saturated rings. The normalized spacial score (nSPS) is 10.6. The van der Waals surface area contributed by atoms with Crippen molar-refractivity contribution >= 4 is 22.8 Å². The molecule has 0 aliphatic carbocycles. The van der Waals surface area contributed by atoms with E-state index in [1.165, 1.54) is 0 Å². The van der Waals surface area contributed by atoms with E-state index in [0.717, 1.165) is 11.1 Å². The van der Waals surface area contributed by atoms with E-state index in [1.807, 2.05) is 0 Å². The zero-order chi connectivity index (χ0) is 11.7. The Balaban J connectivity index is 2.50. The number of hydrogen-bond acceptors (Lipinski definition) is 5. The van der Waals surface area contributed by atoms with Crippen LogP contribution in [-0.2, 0) is 4.79 Å². The van der Waals surface area contributed by atoms with E-state index in [1.54, 1.807) is 31.1 Å². The minimum Gasteiger partial charge on any atom is -0.480 e. The van der Waals surface area contributed by atoms with Crippen LogP contribution in [0.25, 0.3) is 11.1 Å². The number of nitrogens with zero attached hydrogens (tertiary/aromatic N) is 3. The van der Waals surface area contributed by atoms with Crippen molar-refractivity contribution in [3.05, 3.63) is 18.0 Å². The van der Waals surface area contributed by atoms with E-state index in [4.69, 9.17) is 9.63 Å². The molecule has 0 bridgehead atoms. The molecule has 6 nitrogen and oxygen atoms in total. The molecular weight excluding hydrogens is 210 g/mol. The largest absolute Gasteiger partial charge is 0.480 e. The monoisotopic (exact) mass is 221 g/mol. The zero-order valence-corrected chi connectivity index (χ0v) is 8.97. The molecule has 2 aromatic rings. The number of carboxylic acid groups (broad SMARTS) is 1. The van der Waals surface area contributed by atoms with E-state index < -0.39 is 5.97 Å². The molecule has 0 atom stereocenters. The number of rotatable bonds is 3. The van der Waals surface area contributed by atoms with Crippen LogP contribution in [-0.4, -0.2) is 34.8 Å². The van der Waals surface area contributed by atoms with E-state index in [9.17, 15) is 4.79 Å². The first-order valence-corrected chi connectivity index (χ1v) is 4.73. The Kier molecular flexibility index (Phi) is 2.47. The van der Waals surface area contributed by atoms with Gasteiger partial charge in [0.05, 0.1) is 16.8 Å². The standard InChI is InChI=1S/C10H11N3O3/c1-6-9-7(13(2)5-8(14)15)3-4-11-10(9)16-12-6/h3-4H,5H2,1-2H3,(H,14,15). The molecule has 2 aromatic heterocycles. The highest BCUT2D eigenvalue weighted by atomic mass is 16.5. The Morgan fingerprint density at radius 1 is 1.62 bits per heavy atom. The predicted molar refractivity (Wildman–Crippen MR) is 57.4 cm³/mol. The van der Waals surface area contributed by atoms with Crippen LogP contribution in [0, 0.1) is 6.92 Å². The quantitative estimate of drug-likeness (QED) is 0.834. The lowest BCUT2D eigenvalue weighted by Crippen LogP contribution is -2.25. The molecule has 0 spiro atoms. The van der Waals surface area contributed by atoms with E-state index in [0.29, 0.717) is 11.4 Å². The molecule has 16 heavy (non-hydrogen) atoms. The molecule has 6 heteroatoms. The second-order valence-corrected chi connectivity index (χ2v) is 3.53. The lowest BCUT2D eigenvalue weighted by Gasteiger charge is -2.16. The predicted octanol–water partition coefficient (Wildman–Crippen LogP) is 1.05. The number of carbonyl (C=O) groups is 1. The first kappa shape index (κ1) is 10.4. The van der Waals surface area contributed by atoms with E-state index >= 15 is 0 Å². The number of aliphatic carboxylic acids is 1. The number of fused-ring (bicyclic) bond motifs is 1. The average Bonchev–Trinajstić information content (AvgIpc) is 2.59. The highest BCUT2D eigenvalue weighted by Gasteiger charge is 2.14. The van der Waals surface area contributed by atoms with Crippen molar-refractivity contribution in [2.24, 2.45) is 0 Å². The van der Waals surface area contributed by atoms with Gasteiger partial charge < -0.3 is 14.5 Å². The Labute approximate surface area is 91.5 Å². The van der Waals surface area contributed by atoms with Gasteiger partial charge in [-0.1, -0.05) is 5.16 Å². The molecule has 0 aromatic carbocycles. The van der Waals surface area contributed by atoms with Crippen LogP contribution in [0.2, 0.25) is 0 Å². The Bertz CT molecular complexity index is 535. The van der Waals surface area contributed by atoms with Gasteiger partial charge >= 0.3 is 5.97 Å². The summed E-state index contributed by atoms with van der Waals surface area (Å²) in [6, 6.07) is 1.75. The number of hydrogen-bond donors (Lipinski definition) is 1. The van der Waals surface area contributed by atoms with Gasteiger partial charge in [0, 0.05) is 13.2 Å². The minimum absolute atomic E-state index is 0.0796. The lowest BCUT2D eigenvalue weighted by molar-refractivity contribution is -0.135. The number of likely N-dealkylation sites (N-methyl/N-ethyl adjacent to an activating group) is 1. The van der Waals surface area contributed by atoms with Crippen LogP contribution >= 0.6 is 0 Å². The molecule has 84 valence electrons. The van der Waals surface area contributed by atoms with Crippen molar-refractivity contribution in [3.63, 3.8) is 0 Å². The van der Waals surface area contributed by atoms with Gasteiger partial charge in [-0.3, -0.25) is 4.79 Å². The number of carboxylic acids is 1. The van der Waals surface area contributed by atoms with Crippen molar-refractivity contribution < 1.29 is 14.4 Å². The Hall–Kier alpha value is -2.11. The molecule has 1 N–H and O–H groups in total. The second kappa shape index (κ2) is 3.80. The van der Waals surface area contributed by atoms with Crippen molar-refractivity contribution in [2.75, 3.05) is 18.5 Å². The fraction of sp³-hybridized carbons (Fsp3) is 0.300. The highest BCUT2D eigenvalue weighted by Crippen LogP contribution is 2.26. The van der Waals surface area contributed by atoms with Crippen molar-refractivity contribution in [2.45, 2.75) is 6.92 Å². The number of pyridine rings is 1. The van der Waals surface area contributed by atoms with Crippen molar-refractivity contribution in [1.29, 1.82) is 0 Å². The molecular formula is C10H11N3O3. The summed E-state index contributed by atoms with van der Waals surface area (Å²) in [5, 5.41) is 13.3. The van der Waals surface area contributed by atoms with Gasteiger partial charge in [0.15, 0.2) is 0 Å². The first-order valence-electron chi connectivity index (χ1n) is 4.73. The molecule has 0 amide bonds. The van der Waals surface area contributed by atoms with Crippen molar-refractivity contribution in [3.8, 4) is 0 Å². The van der Waals surface area contributed by atoms with Gasteiger partial charge in [-0.15, -0.1) is 0 Å². The van der Waals surface area contributed by atoms with Crippen LogP contribution in [0.1, 0.15) is 5.69 Å². The molecule has 0 saturated carbocycles. The first-order chi connectivity index (χ1) is 7.59. The summed E-state index contributed by atoms with van der Waals surface area (Å²) < 4.78 is 5.01. The van der Waals surface area contributed by atoms with Crippen LogP contribution in [0.4, 0.5) is 5.69 Å². The summed E-state index contributed by atoms with van der Waals surface area (Å²) >= 11 is 0. The minimum atomic E-state index is -0.887. The Morgan fingerprint density at radius 2 is 2.38 bits per heavy atom. The molecule has 0 aliphatic heterocycles. The van der Waals surface area contributed by atoms with Crippen molar-refractivity contribution in [1.82, 2.24) is 10.1 Å². The molecule has 0 saturated heterocycles. The maximum atomic E-state index is 10.6. The summed E-state index contributed by atoms with van der Waals surface area (Å²) in [4.78, 5) is 16.3. The third-order valence-electron chi connectivity index (χ3n) is 2.31. The highest BCUT2D eigenvalue weighted by molar-refractivity contribution is 5.91. The Morgan fingerprint density at radius 3 is 3.06 bits per heavy atom. The molecule has 2 heterocycles. The van der Waals surface area contributed by atoms with Gasteiger partial charge in [-0.05, 0) is 13.0 Å². The van der Waals surface area contributed by atoms with Gasteiger partial charge in [0.25, 0.3) is 5.71 Å².